The molecule has 0 saturated heterocycles. The molecule has 0 bridgehead atoms. The fraction of sp³-hybridized carbons (Fsp3) is 0.263. The molecule has 10 heteroatoms. The minimum Gasteiger partial charge on any atom is -0.474 e. The second-order valence-electron chi connectivity index (χ2n) is 6.14. The summed E-state index contributed by atoms with van der Waals surface area (Å²) in [5.74, 6) is -1.36. The lowest BCUT2D eigenvalue weighted by molar-refractivity contribution is -0.119. The highest BCUT2D eigenvalue weighted by Gasteiger charge is 2.35. The first-order valence-corrected chi connectivity index (χ1v) is 8.79. The Labute approximate surface area is 166 Å². The average Bonchev–Trinajstić information content (AvgIpc) is 3.16. The summed E-state index contributed by atoms with van der Waals surface area (Å²) in [6, 6.07) is 7.81. The Balaban J connectivity index is 1.78. The van der Waals surface area contributed by atoms with Crippen molar-refractivity contribution in [3.63, 3.8) is 0 Å². The number of hydrogen-bond acceptors (Lipinski definition) is 7. The summed E-state index contributed by atoms with van der Waals surface area (Å²) in [6.45, 7) is 0.628. The fourth-order valence-electron chi connectivity index (χ4n) is 2.72. The van der Waals surface area contributed by atoms with Crippen LogP contribution < -0.4 is 20.8 Å². The fourth-order valence-corrected chi connectivity index (χ4v) is 2.72. The van der Waals surface area contributed by atoms with Gasteiger partial charge in [0.05, 0.1) is 12.3 Å². The molecule has 1 aliphatic rings. The molecule has 152 valence electrons. The molecule has 0 spiro atoms. The number of primary amides is 1. The van der Waals surface area contributed by atoms with E-state index in [2.05, 4.69) is 15.4 Å². The van der Waals surface area contributed by atoms with Gasteiger partial charge in [0.2, 0.25) is 11.8 Å². The SMILES string of the molecule is COCCOc1ncccc1NC(=O)C1=NN(c2ccc(F)cc2)C(C(N)=O)C1. The van der Waals surface area contributed by atoms with Gasteiger partial charge in [-0.15, -0.1) is 0 Å². The predicted octanol–water partition coefficient (Wildman–Crippen LogP) is 1.30. The van der Waals surface area contributed by atoms with Gasteiger partial charge in [-0.05, 0) is 36.4 Å². The number of hydrogen-bond donors (Lipinski definition) is 2. The Bertz CT molecular complexity index is 919. The van der Waals surface area contributed by atoms with Crippen LogP contribution in [0.15, 0.2) is 47.7 Å². The molecular formula is C19H20FN5O4. The number of rotatable bonds is 8. The van der Waals surface area contributed by atoms with Crippen LogP contribution in [-0.4, -0.2) is 48.9 Å². The summed E-state index contributed by atoms with van der Waals surface area (Å²) in [5.41, 5.74) is 6.36. The molecule has 3 rings (SSSR count). The number of anilines is 2. The first-order valence-electron chi connectivity index (χ1n) is 8.79. The van der Waals surface area contributed by atoms with Crippen molar-refractivity contribution in [2.24, 2.45) is 10.8 Å². The summed E-state index contributed by atoms with van der Waals surface area (Å²) in [5, 5.41) is 8.22. The lowest BCUT2D eigenvalue weighted by atomic mass is 10.1. The molecular weight excluding hydrogens is 381 g/mol. The van der Waals surface area contributed by atoms with Crippen LogP contribution in [0.4, 0.5) is 15.8 Å². The Morgan fingerprint density at radius 2 is 2.03 bits per heavy atom. The molecule has 1 aliphatic heterocycles. The number of carbonyl (C=O) groups is 2. The zero-order valence-electron chi connectivity index (χ0n) is 15.7. The van der Waals surface area contributed by atoms with E-state index in [-0.39, 0.29) is 24.6 Å². The molecule has 1 atom stereocenters. The summed E-state index contributed by atoms with van der Waals surface area (Å²) >= 11 is 0. The van der Waals surface area contributed by atoms with Crippen LogP contribution >= 0.6 is 0 Å². The van der Waals surface area contributed by atoms with Gasteiger partial charge in [0.25, 0.3) is 5.91 Å². The van der Waals surface area contributed by atoms with Crippen LogP contribution in [0.5, 0.6) is 5.88 Å². The lowest BCUT2D eigenvalue weighted by Crippen LogP contribution is -2.39. The number of hydrazone groups is 1. The number of amides is 2. The average molecular weight is 401 g/mol. The van der Waals surface area contributed by atoms with Crippen molar-refractivity contribution in [3.05, 3.63) is 48.4 Å². The van der Waals surface area contributed by atoms with E-state index in [0.717, 1.165) is 0 Å². The van der Waals surface area contributed by atoms with Gasteiger partial charge in [0, 0.05) is 19.7 Å². The van der Waals surface area contributed by atoms with Crippen molar-refractivity contribution in [1.82, 2.24) is 4.98 Å². The molecule has 29 heavy (non-hydrogen) atoms. The van der Waals surface area contributed by atoms with E-state index in [9.17, 15) is 14.0 Å². The van der Waals surface area contributed by atoms with Gasteiger partial charge >= 0.3 is 0 Å². The summed E-state index contributed by atoms with van der Waals surface area (Å²) in [6.07, 6.45) is 1.54. The second-order valence-corrected chi connectivity index (χ2v) is 6.14. The van der Waals surface area contributed by atoms with Gasteiger partial charge in [0.15, 0.2) is 0 Å². The highest BCUT2D eigenvalue weighted by molar-refractivity contribution is 6.44. The standard InChI is InChI=1S/C19H20FN5O4/c1-28-9-10-29-19-14(3-2-8-22-19)23-18(27)15-11-16(17(21)26)25(24-15)13-6-4-12(20)5-7-13/h2-8,16H,9-11H2,1H3,(H2,21,26)(H,23,27). The third-order valence-corrected chi connectivity index (χ3v) is 4.14. The third kappa shape index (κ3) is 4.85. The molecule has 9 nitrogen and oxygen atoms in total. The van der Waals surface area contributed by atoms with Crippen molar-refractivity contribution >= 4 is 28.9 Å². The molecule has 1 aromatic heterocycles. The largest absolute Gasteiger partial charge is 0.474 e. The molecule has 0 fully saturated rings. The Hall–Kier alpha value is -3.53. The highest BCUT2D eigenvalue weighted by atomic mass is 19.1. The van der Waals surface area contributed by atoms with Gasteiger partial charge in [-0.25, -0.2) is 9.37 Å². The van der Waals surface area contributed by atoms with Crippen LogP contribution in [-0.2, 0) is 14.3 Å². The summed E-state index contributed by atoms with van der Waals surface area (Å²) < 4.78 is 23.6. The molecule has 0 aliphatic carbocycles. The molecule has 2 amide bonds. The maximum absolute atomic E-state index is 13.2. The Morgan fingerprint density at radius 1 is 1.28 bits per heavy atom. The molecule has 2 heterocycles. The minimum atomic E-state index is -0.854. The number of nitrogens with one attached hydrogen (secondary N) is 1. The van der Waals surface area contributed by atoms with Gasteiger partial charge in [-0.1, -0.05) is 0 Å². The number of benzene rings is 1. The van der Waals surface area contributed by atoms with Crippen molar-refractivity contribution in [1.29, 1.82) is 0 Å². The van der Waals surface area contributed by atoms with Crippen LogP contribution in [0.2, 0.25) is 0 Å². The summed E-state index contributed by atoms with van der Waals surface area (Å²) in [7, 11) is 1.55. The van der Waals surface area contributed by atoms with E-state index in [1.54, 1.807) is 19.2 Å². The highest BCUT2D eigenvalue weighted by Crippen LogP contribution is 2.26. The molecule has 0 radical (unpaired) electrons. The first-order chi connectivity index (χ1) is 14.0. The quantitative estimate of drug-likeness (QED) is 0.644. The van der Waals surface area contributed by atoms with Crippen LogP contribution in [0, 0.1) is 5.82 Å². The number of ether oxygens (including phenoxy) is 2. The van der Waals surface area contributed by atoms with E-state index < -0.39 is 23.7 Å². The number of pyridine rings is 1. The van der Waals surface area contributed by atoms with Crippen LogP contribution in [0.3, 0.4) is 0 Å². The first kappa shape index (κ1) is 20.2. The number of carbonyl (C=O) groups excluding carboxylic acids is 2. The van der Waals surface area contributed by atoms with Gasteiger partial charge in [-0.3, -0.25) is 14.6 Å². The smallest absolute Gasteiger partial charge is 0.272 e. The molecule has 3 N–H and O–H groups in total. The van der Waals surface area contributed by atoms with E-state index in [1.807, 2.05) is 0 Å². The zero-order valence-corrected chi connectivity index (χ0v) is 15.7. The maximum Gasteiger partial charge on any atom is 0.272 e. The minimum absolute atomic E-state index is 0.0126. The van der Waals surface area contributed by atoms with E-state index in [0.29, 0.717) is 18.0 Å². The normalized spacial score (nSPS) is 15.7. The van der Waals surface area contributed by atoms with Crippen molar-refractivity contribution in [2.45, 2.75) is 12.5 Å². The summed E-state index contributed by atoms with van der Waals surface area (Å²) in [4.78, 5) is 28.6. The molecule has 0 saturated carbocycles. The Morgan fingerprint density at radius 3 is 2.72 bits per heavy atom. The van der Waals surface area contributed by atoms with E-state index in [1.165, 1.54) is 35.5 Å². The topological polar surface area (TPSA) is 119 Å². The number of nitrogens with zero attached hydrogens (tertiary/aromatic N) is 3. The van der Waals surface area contributed by atoms with E-state index in [4.69, 9.17) is 15.2 Å². The molecule has 1 aromatic carbocycles. The van der Waals surface area contributed by atoms with Crippen LogP contribution in [0.25, 0.3) is 0 Å². The maximum atomic E-state index is 13.2. The number of methoxy groups -OCH3 is 1. The Kier molecular flexibility index (Phi) is 6.35. The number of halogens is 1. The third-order valence-electron chi connectivity index (χ3n) is 4.14. The van der Waals surface area contributed by atoms with Gasteiger partial charge in [-0.2, -0.15) is 5.10 Å². The lowest BCUT2D eigenvalue weighted by Gasteiger charge is -2.20. The van der Waals surface area contributed by atoms with Crippen molar-refractivity contribution in [3.8, 4) is 5.88 Å². The number of nitrogens with two attached hydrogens (primary N) is 1. The monoisotopic (exact) mass is 401 g/mol. The zero-order chi connectivity index (χ0) is 20.8. The van der Waals surface area contributed by atoms with E-state index >= 15 is 0 Å². The molecule has 2 aromatic rings. The second kappa shape index (κ2) is 9.11. The van der Waals surface area contributed by atoms with Crippen molar-refractivity contribution in [2.75, 3.05) is 30.6 Å². The molecule has 1 unspecified atom stereocenters. The predicted molar refractivity (Wildman–Crippen MR) is 104 cm³/mol. The van der Waals surface area contributed by atoms with Crippen LogP contribution in [0.1, 0.15) is 6.42 Å². The van der Waals surface area contributed by atoms with Gasteiger partial charge in [0.1, 0.15) is 29.9 Å². The van der Waals surface area contributed by atoms with Crippen molar-refractivity contribution < 1.29 is 23.5 Å². The van der Waals surface area contributed by atoms with Gasteiger partial charge < -0.3 is 20.5 Å². The number of aromatic nitrogens is 1.